The van der Waals surface area contributed by atoms with Crippen molar-refractivity contribution in [3.63, 3.8) is 0 Å². The van der Waals surface area contributed by atoms with Gasteiger partial charge < -0.3 is 9.64 Å². The van der Waals surface area contributed by atoms with Crippen LogP contribution >= 0.6 is 0 Å². The molecule has 0 aliphatic heterocycles. The smallest absolute Gasteiger partial charge is 0.382 e. The number of ether oxygens (including phenoxy) is 1. The van der Waals surface area contributed by atoms with E-state index in [-0.39, 0.29) is 5.84 Å². The highest BCUT2D eigenvalue weighted by Gasteiger charge is 2.26. The predicted octanol–water partition coefficient (Wildman–Crippen LogP) is 2.71. The summed E-state index contributed by atoms with van der Waals surface area (Å²) in [6, 6.07) is 9.04. The van der Waals surface area contributed by atoms with E-state index in [1.807, 2.05) is 13.8 Å². The first-order valence-corrected chi connectivity index (χ1v) is 9.46. The molecule has 0 bridgehead atoms. The third-order valence-corrected chi connectivity index (χ3v) is 4.48. The first-order chi connectivity index (χ1) is 11.8. The summed E-state index contributed by atoms with van der Waals surface area (Å²) in [7, 11) is -2.60. The standard InChI is InChI=1S/C17H25N3O4S/c1-6-20(7-2)17(19-25(21,22)24-13(3)4)16(12-18)14-8-10-15(23-5)11-9-14/h8-11,13,16H,6-7H2,1-5H3/b19-17-. The molecule has 25 heavy (non-hydrogen) atoms. The molecule has 1 atom stereocenters. The third-order valence-electron chi connectivity index (χ3n) is 3.44. The average Bonchev–Trinajstić information content (AvgIpc) is 2.55. The minimum absolute atomic E-state index is 0.151. The lowest BCUT2D eigenvalue weighted by Gasteiger charge is -2.26. The molecule has 1 aromatic rings. The van der Waals surface area contributed by atoms with Gasteiger partial charge in [-0.2, -0.15) is 13.7 Å². The summed E-state index contributed by atoms with van der Waals surface area (Å²) in [5.74, 6) is -0.0350. The van der Waals surface area contributed by atoms with Crippen LogP contribution in [0.25, 0.3) is 0 Å². The van der Waals surface area contributed by atoms with Crippen molar-refractivity contribution in [3.05, 3.63) is 29.8 Å². The molecule has 0 radical (unpaired) electrons. The van der Waals surface area contributed by atoms with Crippen molar-refractivity contribution in [1.82, 2.24) is 4.90 Å². The summed E-state index contributed by atoms with van der Waals surface area (Å²) >= 11 is 0. The SMILES string of the molecule is CCN(CC)/C(=N\S(=O)(=O)OC(C)C)C(C#N)c1ccc(OC)cc1. The summed E-state index contributed by atoms with van der Waals surface area (Å²) in [6.45, 7) is 7.99. The van der Waals surface area contributed by atoms with E-state index in [1.165, 1.54) is 0 Å². The Morgan fingerprint density at radius 1 is 1.24 bits per heavy atom. The lowest BCUT2D eigenvalue weighted by molar-refractivity contribution is 0.249. The minimum atomic E-state index is -4.15. The van der Waals surface area contributed by atoms with Crippen LogP contribution in [0.3, 0.4) is 0 Å². The van der Waals surface area contributed by atoms with E-state index in [9.17, 15) is 13.7 Å². The molecule has 0 amide bonds. The Hall–Kier alpha value is -2.11. The van der Waals surface area contributed by atoms with Crippen LogP contribution in [-0.4, -0.2) is 45.5 Å². The molecule has 0 saturated heterocycles. The van der Waals surface area contributed by atoms with Crippen molar-refractivity contribution in [2.45, 2.75) is 39.7 Å². The quantitative estimate of drug-likeness (QED) is 0.518. The summed E-state index contributed by atoms with van der Waals surface area (Å²) in [4.78, 5) is 1.74. The zero-order chi connectivity index (χ0) is 19.0. The molecule has 0 aliphatic carbocycles. The summed E-state index contributed by atoms with van der Waals surface area (Å²) in [5, 5.41) is 9.67. The number of methoxy groups -OCH3 is 1. The number of benzene rings is 1. The number of rotatable bonds is 8. The van der Waals surface area contributed by atoms with Gasteiger partial charge >= 0.3 is 10.3 Å². The Morgan fingerprint density at radius 2 is 1.80 bits per heavy atom. The highest BCUT2D eigenvalue weighted by molar-refractivity contribution is 7.85. The number of hydrogen-bond acceptors (Lipinski definition) is 5. The largest absolute Gasteiger partial charge is 0.497 e. The van der Waals surface area contributed by atoms with Crippen molar-refractivity contribution >= 4 is 16.1 Å². The Bertz CT molecular complexity index is 717. The van der Waals surface area contributed by atoms with Crippen LogP contribution in [-0.2, 0) is 14.5 Å². The van der Waals surface area contributed by atoms with Crippen molar-refractivity contribution in [1.29, 1.82) is 5.26 Å². The Labute approximate surface area is 150 Å². The van der Waals surface area contributed by atoms with Gasteiger partial charge in [-0.3, -0.25) is 0 Å². The number of hydrogen-bond donors (Lipinski definition) is 0. The first-order valence-electron chi connectivity index (χ1n) is 8.09. The van der Waals surface area contributed by atoms with Crippen LogP contribution in [0.15, 0.2) is 28.7 Å². The number of likely N-dealkylation sites (N-methyl/N-ethyl adjacent to an activating group) is 1. The molecule has 0 spiro atoms. The Morgan fingerprint density at radius 3 is 2.20 bits per heavy atom. The lowest BCUT2D eigenvalue weighted by atomic mass is 9.98. The molecule has 0 aliphatic rings. The fourth-order valence-corrected chi connectivity index (χ4v) is 3.28. The normalized spacial score (nSPS) is 13.4. The Kier molecular flexibility index (Phi) is 7.87. The third kappa shape index (κ3) is 6.03. The van der Waals surface area contributed by atoms with E-state index >= 15 is 0 Å². The monoisotopic (exact) mass is 367 g/mol. The van der Waals surface area contributed by atoms with Crippen LogP contribution in [0.4, 0.5) is 0 Å². The van der Waals surface area contributed by atoms with E-state index in [4.69, 9.17) is 8.92 Å². The highest BCUT2D eigenvalue weighted by Crippen LogP contribution is 2.23. The molecular weight excluding hydrogens is 342 g/mol. The van der Waals surface area contributed by atoms with Crippen molar-refractivity contribution in [3.8, 4) is 11.8 Å². The molecule has 1 rings (SSSR count). The second-order valence-electron chi connectivity index (χ2n) is 5.53. The molecule has 0 fully saturated rings. The van der Waals surface area contributed by atoms with Gasteiger partial charge in [-0.1, -0.05) is 12.1 Å². The first kappa shape index (κ1) is 20.9. The van der Waals surface area contributed by atoms with Crippen LogP contribution < -0.4 is 4.74 Å². The van der Waals surface area contributed by atoms with Gasteiger partial charge in [0.1, 0.15) is 17.5 Å². The van der Waals surface area contributed by atoms with Gasteiger partial charge in [-0.05, 0) is 45.4 Å². The number of nitriles is 1. The summed E-state index contributed by atoms with van der Waals surface area (Å²) < 4.78 is 38.2. The van der Waals surface area contributed by atoms with Crippen LogP contribution in [0, 0.1) is 11.3 Å². The van der Waals surface area contributed by atoms with E-state index in [0.717, 1.165) is 0 Å². The van der Waals surface area contributed by atoms with E-state index in [1.54, 1.807) is 50.1 Å². The van der Waals surface area contributed by atoms with Gasteiger partial charge in [0, 0.05) is 13.1 Å². The van der Waals surface area contributed by atoms with Crippen LogP contribution in [0.2, 0.25) is 0 Å². The predicted molar refractivity (Wildman–Crippen MR) is 96.8 cm³/mol. The zero-order valence-electron chi connectivity index (χ0n) is 15.3. The number of nitrogens with zero attached hydrogens (tertiary/aromatic N) is 3. The number of amidine groups is 1. The second kappa shape index (κ2) is 9.39. The molecule has 0 saturated carbocycles. The van der Waals surface area contributed by atoms with Gasteiger partial charge in [0.25, 0.3) is 0 Å². The van der Waals surface area contributed by atoms with Gasteiger partial charge in [-0.25, -0.2) is 4.18 Å². The van der Waals surface area contributed by atoms with Crippen molar-refractivity contribution < 1.29 is 17.3 Å². The zero-order valence-corrected chi connectivity index (χ0v) is 16.1. The summed E-state index contributed by atoms with van der Waals surface area (Å²) in [5.41, 5.74) is 0.633. The van der Waals surface area contributed by atoms with Gasteiger partial charge in [-0.15, -0.1) is 4.40 Å². The van der Waals surface area contributed by atoms with Gasteiger partial charge in [0.2, 0.25) is 0 Å². The molecule has 0 heterocycles. The summed E-state index contributed by atoms with van der Waals surface area (Å²) in [6.07, 6.45) is -0.534. The van der Waals surface area contributed by atoms with E-state index in [0.29, 0.717) is 24.4 Å². The minimum Gasteiger partial charge on any atom is -0.497 e. The molecule has 138 valence electrons. The fraction of sp³-hybridized carbons (Fsp3) is 0.529. The average molecular weight is 367 g/mol. The van der Waals surface area contributed by atoms with Gasteiger partial charge in [0.05, 0.1) is 19.3 Å². The van der Waals surface area contributed by atoms with E-state index < -0.39 is 22.3 Å². The van der Waals surface area contributed by atoms with Gasteiger partial charge in [0.15, 0.2) is 0 Å². The molecule has 1 unspecified atom stereocenters. The van der Waals surface area contributed by atoms with Crippen molar-refractivity contribution in [2.75, 3.05) is 20.2 Å². The molecular formula is C17H25N3O4S. The molecule has 0 N–H and O–H groups in total. The van der Waals surface area contributed by atoms with Crippen LogP contribution in [0.1, 0.15) is 39.2 Å². The fourth-order valence-electron chi connectivity index (χ4n) is 2.30. The molecule has 0 aromatic heterocycles. The van der Waals surface area contributed by atoms with Crippen molar-refractivity contribution in [2.24, 2.45) is 4.40 Å². The molecule has 7 nitrogen and oxygen atoms in total. The highest BCUT2D eigenvalue weighted by atomic mass is 32.2. The van der Waals surface area contributed by atoms with Crippen LogP contribution in [0.5, 0.6) is 5.75 Å². The topological polar surface area (TPSA) is 92.0 Å². The lowest BCUT2D eigenvalue weighted by Crippen LogP contribution is -2.35. The second-order valence-corrected chi connectivity index (χ2v) is 6.76. The van der Waals surface area contributed by atoms with E-state index in [2.05, 4.69) is 10.5 Å². The molecule has 8 heteroatoms. The maximum atomic E-state index is 12.2. The maximum Gasteiger partial charge on any atom is 0.382 e. The maximum absolute atomic E-state index is 12.2. The molecule has 1 aromatic carbocycles. The Balaban J connectivity index is 3.40.